The number of nitrogens with zero attached hydrogens (tertiary/aromatic N) is 3. The van der Waals surface area contributed by atoms with E-state index in [0.29, 0.717) is 5.69 Å². The van der Waals surface area contributed by atoms with Crippen molar-refractivity contribution in [2.45, 2.75) is 39.4 Å². The first-order chi connectivity index (χ1) is 13.5. The summed E-state index contributed by atoms with van der Waals surface area (Å²) in [6, 6.07) is 12.7. The van der Waals surface area contributed by atoms with E-state index < -0.39 is 0 Å². The van der Waals surface area contributed by atoms with Crippen molar-refractivity contribution in [3.05, 3.63) is 58.4 Å². The Labute approximate surface area is 166 Å². The lowest BCUT2D eigenvalue weighted by Crippen LogP contribution is -2.40. The first-order valence-electron chi connectivity index (χ1n) is 9.83. The van der Waals surface area contributed by atoms with Gasteiger partial charge >= 0.3 is 0 Å². The molecular weight excluding hydrogens is 350 g/mol. The lowest BCUT2D eigenvalue weighted by Gasteiger charge is -2.31. The third kappa shape index (κ3) is 4.80. The summed E-state index contributed by atoms with van der Waals surface area (Å²) in [7, 11) is 1.92. The molecule has 148 valence electrons. The monoisotopic (exact) mass is 379 g/mol. The van der Waals surface area contributed by atoms with Crippen LogP contribution in [0.25, 0.3) is 0 Å². The molecule has 1 aliphatic heterocycles. The Bertz CT molecular complexity index is 880. The fourth-order valence-electron chi connectivity index (χ4n) is 3.92. The van der Waals surface area contributed by atoms with Crippen LogP contribution in [0.15, 0.2) is 30.3 Å². The number of nitrogens with one attached hydrogen (secondary N) is 1. The van der Waals surface area contributed by atoms with Crippen LogP contribution in [0.2, 0.25) is 0 Å². The third-order valence-corrected chi connectivity index (χ3v) is 5.70. The smallest absolute Gasteiger partial charge is 0.221 e. The van der Waals surface area contributed by atoms with Crippen LogP contribution < -0.4 is 11.1 Å². The molecule has 0 spiro atoms. The van der Waals surface area contributed by atoms with Crippen LogP contribution in [-0.4, -0.2) is 28.5 Å². The molecule has 1 atom stereocenters. The number of hydrogen-bond acceptors (Lipinski definition) is 4. The lowest BCUT2D eigenvalue weighted by atomic mass is 9.97. The molecule has 1 unspecified atom stereocenters. The molecule has 1 aromatic carbocycles. The number of likely N-dealkylation sites (tertiary alicyclic amines) is 1. The summed E-state index contributed by atoms with van der Waals surface area (Å²) in [4.78, 5) is 13.8. The van der Waals surface area contributed by atoms with Gasteiger partial charge in [0.25, 0.3) is 0 Å². The van der Waals surface area contributed by atoms with E-state index >= 15 is 0 Å². The average molecular weight is 380 g/mol. The van der Waals surface area contributed by atoms with Gasteiger partial charge < -0.3 is 15.6 Å². The Morgan fingerprint density at radius 3 is 2.82 bits per heavy atom. The fraction of sp³-hybridized carbons (Fsp3) is 0.455. The number of carbonyl (C=O) groups is 1. The zero-order valence-corrected chi connectivity index (χ0v) is 16.7. The van der Waals surface area contributed by atoms with Gasteiger partial charge in [-0.25, -0.2) is 0 Å². The van der Waals surface area contributed by atoms with Crippen molar-refractivity contribution in [2.24, 2.45) is 18.7 Å². The number of aromatic nitrogens is 1. The largest absolute Gasteiger partial charge is 0.369 e. The highest BCUT2D eigenvalue weighted by molar-refractivity contribution is 5.76. The van der Waals surface area contributed by atoms with E-state index in [0.717, 1.165) is 56.8 Å². The van der Waals surface area contributed by atoms with Gasteiger partial charge in [0.15, 0.2) is 0 Å². The second kappa shape index (κ2) is 9.05. The summed E-state index contributed by atoms with van der Waals surface area (Å²) in [5.74, 6) is -0.204. The van der Waals surface area contributed by atoms with E-state index in [1.165, 1.54) is 11.1 Å². The molecule has 1 aromatic heterocycles. The van der Waals surface area contributed by atoms with Crippen LogP contribution in [0, 0.1) is 24.2 Å². The predicted molar refractivity (Wildman–Crippen MR) is 109 cm³/mol. The Morgan fingerprint density at radius 2 is 2.11 bits per heavy atom. The van der Waals surface area contributed by atoms with Crippen LogP contribution in [-0.2, 0) is 31.5 Å². The molecule has 2 aromatic rings. The van der Waals surface area contributed by atoms with E-state index in [1.807, 2.05) is 24.6 Å². The summed E-state index contributed by atoms with van der Waals surface area (Å²) in [5, 5.41) is 12.6. The maximum atomic E-state index is 11.5. The van der Waals surface area contributed by atoms with Gasteiger partial charge in [0.1, 0.15) is 11.8 Å². The van der Waals surface area contributed by atoms with E-state index in [-0.39, 0.29) is 11.8 Å². The first-order valence-corrected chi connectivity index (χ1v) is 9.83. The van der Waals surface area contributed by atoms with Crippen molar-refractivity contribution in [1.29, 1.82) is 5.26 Å². The third-order valence-electron chi connectivity index (χ3n) is 5.70. The normalized spacial score (nSPS) is 17.4. The van der Waals surface area contributed by atoms with Crippen LogP contribution in [0.5, 0.6) is 0 Å². The standard InChI is InChI=1S/C22H29N5O/c1-16-20(10-21(11-23)26(16)2)13-25-12-17-5-3-6-18(9-17)14-27-8-4-7-19(15-27)22(24)28/h3,5-6,9-10,19,25H,4,7-8,12-15H2,1-2H3,(H2,24,28). The second-order valence-electron chi connectivity index (χ2n) is 7.71. The molecule has 2 heterocycles. The van der Waals surface area contributed by atoms with Gasteiger partial charge in [0.05, 0.1) is 5.92 Å². The van der Waals surface area contributed by atoms with E-state index in [2.05, 4.69) is 40.6 Å². The number of hydrogen-bond donors (Lipinski definition) is 2. The fourth-order valence-corrected chi connectivity index (χ4v) is 3.92. The SMILES string of the molecule is Cc1c(CNCc2cccc(CN3CCCC(C(N)=O)C3)c2)cc(C#N)n1C. The zero-order valence-electron chi connectivity index (χ0n) is 16.7. The van der Waals surface area contributed by atoms with Gasteiger partial charge in [0, 0.05) is 38.9 Å². The van der Waals surface area contributed by atoms with Gasteiger partial charge in [-0.05, 0) is 49.1 Å². The quantitative estimate of drug-likeness (QED) is 0.772. The maximum absolute atomic E-state index is 11.5. The molecular formula is C22H29N5O. The number of piperidine rings is 1. The summed E-state index contributed by atoms with van der Waals surface area (Å²) >= 11 is 0. The molecule has 6 heteroatoms. The van der Waals surface area contributed by atoms with Gasteiger partial charge in [-0.15, -0.1) is 0 Å². The highest BCUT2D eigenvalue weighted by Crippen LogP contribution is 2.19. The molecule has 3 N–H and O–H groups in total. The number of carbonyl (C=O) groups excluding carboxylic acids is 1. The molecule has 0 bridgehead atoms. The van der Waals surface area contributed by atoms with Gasteiger partial charge in [-0.2, -0.15) is 5.26 Å². The number of amides is 1. The Balaban J connectivity index is 1.55. The van der Waals surface area contributed by atoms with Gasteiger partial charge in [-0.1, -0.05) is 24.3 Å². The second-order valence-corrected chi connectivity index (χ2v) is 7.71. The number of nitrogens with two attached hydrogens (primary N) is 1. The van der Waals surface area contributed by atoms with Crippen LogP contribution in [0.3, 0.4) is 0 Å². The molecule has 1 amide bonds. The minimum absolute atomic E-state index is 0.0222. The van der Waals surface area contributed by atoms with E-state index in [4.69, 9.17) is 11.0 Å². The predicted octanol–water partition coefficient (Wildman–Crippen LogP) is 2.19. The highest BCUT2D eigenvalue weighted by atomic mass is 16.1. The summed E-state index contributed by atoms with van der Waals surface area (Å²) in [6.07, 6.45) is 1.93. The zero-order chi connectivity index (χ0) is 20.1. The Morgan fingerprint density at radius 1 is 1.32 bits per heavy atom. The molecule has 0 saturated carbocycles. The number of primary amides is 1. The summed E-state index contributed by atoms with van der Waals surface area (Å²) in [6.45, 7) is 6.16. The Hall–Kier alpha value is -2.62. The number of nitriles is 1. The average Bonchev–Trinajstić information content (AvgIpc) is 2.96. The van der Waals surface area contributed by atoms with Crippen molar-refractivity contribution in [2.75, 3.05) is 13.1 Å². The van der Waals surface area contributed by atoms with Crippen molar-refractivity contribution < 1.29 is 4.79 Å². The van der Waals surface area contributed by atoms with Gasteiger partial charge in [-0.3, -0.25) is 9.69 Å². The molecule has 0 aliphatic carbocycles. The Kier molecular flexibility index (Phi) is 6.50. The summed E-state index contributed by atoms with van der Waals surface area (Å²) in [5.41, 5.74) is 10.9. The first kappa shape index (κ1) is 20.1. The molecule has 3 rings (SSSR count). The van der Waals surface area contributed by atoms with Crippen LogP contribution >= 0.6 is 0 Å². The van der Waals surface area contributed by atoms with E-state index in [1.54, 1.807) is 0 Å². The topological polar surface area (TPSA) is 87.1 Å². The minimum Gasteiger partial charge on any atom is -0.369 e. The molecule has 1 saturated heterocycles. The van der Waals surface area contributed by atoms with Crippen molar-refractivity contribution >= 4 is 5.91 Å². The molecule has 6 nitrogen and oxygen atoms in total. The summed E-state index contributed by atoms with van der Waals surface area (Å²) < 4.78 is 1.93. The van der Waals surface area contributed by atoms with Crippen LogP contribution in [0.4, 0.5) is 0 Å². The molecule has 28 heavy (non-hydrogen) atoms. The molecule has 1 fully saturated rings. The van der Waals surface area contributed by atoms with Gasteiger partial charge in [0.2, 0.25) is 5.91 Å². The minimum atomic E-state index is -0.182. The maximum Gasteiger partial charge on any atom is 0.221 e. The molecule has 1 aliphatic rings. The molecule has 0 radical (unpaired) electrons. The van der Waals surface area contributed by atoms with E-state index in [9.17, 15) is 4.79 Å². The number of benzene rings is 1. The number of rotatable bonds is 7. The highest BCUT2D eigenvalue weighted by Gasteiger charge is 2.23. The van der Waals surface area contributed by atoms with Crippen molar-refractivity contribution in [3.63, 3.8) is 0 Å². The lowest BCUT2D eigenvalue weighted by molar-refractivity contribution is -0.123. The van der Waals surface area contributed by atoms with Crippen LogP contribution in [0.1, 0.15) is 40.9 Å². The van der Waals surface area contributed by atoms with Crippen molar-refractivity contribution in [1.82, 2.24) is 14.8 Å². The van der Waals surface area contributed by atoms with Crippen molar-refractivity contribution in [3.8, 4) is 6.07 Å².